The van der Waals surface area contributed by atoms with E-state index in [1.807, 2.05) is 13.8 Å². The van der Waals surface area contributed by atoms with Crippen LogP contribution in [-0.2, 0) is 4.74 Å². The van der Waals surface area contributed by atoms with E-state index in [2.05, 4.69) is 10.4 Å². The molecular formula is C14H25F2N3O. The SMILES string of the molecule is CC.CF.Fc1cnn(C2COC3(CCNCC3)C2)c1. The summed E-state index contributed by atoms with van der Waals surface area (Å²) >= 11 is 0. The van der Waals surface area contributed by atoms with Crippen LogP contribution >= 0.6 is 0 Å². The fraction of sp³-hybridized carbons (Fsp3) is 0.786. The standard InChI is InChI=1S/C11H16FN3O.C2H6.CH3F/c12-9-6-14-15(7-9)10-5-11(16-8-10)1-3-13-4-2-11;2*1-2/h6-7,10,13H,1-5,8H2;1-2H3;1H3. The summed E-state index contributed by atoms with van der Waals surface area (Å²) in [5.41, 5.74) is 0.0122. The fourth-order valence-electron chi connectivity index (χ4n) is 2.74. The van der Waals surface area contributed by atoms with Crippen LogP contribution in [0.2, 0.25) is 0 Å². The third kappa shape index (κ3) is 3.99. The van der Waals surface area contributed by atoms with Crippen molar-refractivity contribution in [2.75, 3.05) is 26.9 Å². The van der Waals surface area contributed by atoms with Gasteiger partial charge in [0, 0.05) is 6.42 Å². The summed E-state index contributed by atoms with van der Waals surface area (Å²) in [6, 6.07) is 0.197. The van der Waals surface area contributed by atoms with Gasteiger partial charge in [-0.1, -0.05) is 13.8 Å². The summed E-state index contributed by atoms with van der Waals surface area (Å²) in [6.07, 6.45) is 5.76. The van der Waals surface area contributed by atoms with Gasteiger partial charge >= 0.3 is 0 Å². The van der Waals surface area contributed by atoms with E-state index in [1.165, 1.54) is 12.4 Å². The third-order valence-corrected chi connectivity index (χ3v) is 3.65. The zero-order valence-electron chi connectivity index (χ0n) is 12.5. The second-order valence-corrected chi connectivity index (χ2v) is 4.74. The van der Waals surface area contributed by atoms with Crippen molar-refractivity contribution in [3.8, 4) is 0 Å². The Balaban J connectivity index is 0.000000461. The lowest BCUT2D eigenvalue weighted by molar-refractivity contribution is -0.0196. The summed E-state index contributed by atoms with van der Waals surface area (Å²) in [7, 11) is 0.500. The van der Waals surface area contributed by atoms with E-state index in [0.717, 1.165) is 32.4 Å². The average molecular weight is 289 g/mol. The average Bonchev–Trinajstić information content (AvgIpc) is 3.11. The first-order chi connectivity index (χ1) is 9.77. The number of aromatic nitrogens is 2. The van der Waals surface area contributed by atoms with Crippen LogP contribution in [0.4, 0.5) is 8.78 Å². The van der Waals surface area contributed by atoms with E-state index in [4.69, 9.17) is 4.74 Å². The third-order valence-electron chi connectivity index (χ3n) is 3.65. The highest BCUT2D eigenvalue weighted by Crippen LogP contribution is 2.38. The number of rotatable bonds is 1. The molecule has 0 aromatic carbocycles. The Hall–Kier alpha value is -1.01. The smallest absolute Gasteiger partial charge is 0.161 e. The Kier molecular flexibility index (Phi) is 7.09. The van der Waals surface area contributed by atoms with Crippen molar-refractivity contribution in [2.45, 2.75) is 44.8 Å². The van der Waals surface area contributed by atoms with E-state index in [-0.39, 0.29) is 17.5 Å². The molecule has 3 heterocycles. The molecule has 1 unspecified atom stereocenters. The maximum atomic E-state index is 12.9. The number of nitrogens with one attached hydrogen (secondary N) is 1. The second-order valence-electron chi connectivity index (χ2n) is 4.74. The monoisotopic (exact) mass is 289 g/mol. The number of piperidine rings is 1. The molecule has 1 aromatic rings. The molecule has 116 valence electrons. The van der Waals surface area contributed by atoms with Crippen molar-refractivity contribution < 1.29 is 13.5 Å². The quantitative estimate of drug-likeness (QED) is 0.864. The molecule has 0 radical (unpaired) electrons. The lowest BCUT2D eigenvalue weighted by Gasteiger charge is -2.32. The van der Waals surface area contributed by atoms with Gasteiger partial charge in [-0.2, -0.15) is 5.10 Å². The molecule has 0 bridgehead atoms. The molecule has 2 aliphatic rings. The van der Waals surface area contributed by atoms with E-state index in [9.17, 15) is 8.78 Å². The Morgan fingerprint density at radius 3 is 2.55 bits per heavy atom. The maximum absolute atomic E-state index is 12.9. The molecule has 1 N–H and O–H groups in total. The number of halogens is 2. The Morgan fingerprint density at radius 1 is 1.35 bits per heavy atom. The van der Waals surface area contributed by atoms with Crippen molar-refractivity contribution in [2.24, 2.45) is 0 Å². The summed E-state index contributed by atoms with van der Waals surface area (Å²) in [5.74, 6) is -0.272. The molecule has 3 rings (SSSR count). The number of hydrogen-bond donors (Lipinski definition) is 1. The first-order valence-corrected chi connectivity index (χ1v) is 7.20. The van der Waals surface area contributed by atoms with E-state index >= 15 is 0 Å². The van der Waals surface area contributed by atoms with Gasteiger partial charge in [-0.15, -0.1) is 0 Å². The molecule has 2 fully saturated rings. The van der Waals surface area contributed by atoms with Gasteiger partial charge in [-0.25, -0.2) is 4.39 Å². The van der Waals surface area contributed by atoms with Gasteiger partial charge in [0.15, 0.2) is 5.82 Å². The van der Waals surface area contributed by atoms with Gasteiger partial charge in [-0.05, 0) is 25.9 Å². The highest BCUT2D eigenvalue weighted by molar-refractivity contribution is 4.96. The van der Waals surface area contributed by atoms with Gasteiger partial charge in [0.1, 0.15) is 0 Å². The molecule has 1 spiro atoms. The van der Waals surface area contributed by atoms with Gasteiger partial charge in [0.05, 0.1) is 37.8 Å². The topological polar surface area (TPSA) is 39.1 Å². The molecule has 6 heteroatoms. The van der Waals surface area contributed by atoms with Crippen molar-refractivity contribution in [1.82, 2.24) is 15.1 Å². The van der Waals surface area contributed by atoms with Crippen molar-refractivity contribution in [3.05, 3.63) is 18.2 Å². The molecule has 2 saturated heterocycles. The predicted molar refractivity (Wildman–Crippen MR) is 75.0 cm³/mol. The van der Waals surface area contributed by atoms with Crippen molar-refractivity contribution in [3.63, 3.8) is 0 Å². The van der Waals surface area contributed by atoms with E-state index < -0.39 is 0 Å². The van der Waals surface area contributed by atoms with Crippen LogP contribution in [0.1, 0.15) is 39.2 Å². The molecule has 0 saturated carbocycles. The zero-order chi connectivity index (χ0) is 15.0. The summed E-state index contributed by atoms with van der Waals surface area (Å²) in [6.45, 7) is 6.68. The zero-order valence-corrected chi connectivity index (χ0v) is 12.5. The van der Waals surface area contributed by atoms with Crippen LogP contribution in [0, 0.1) is 5.82 Å². The van der Waals surface area contributed by atoms with Gasteiger partial charge < -0.3 is 10.1 Å². The minimum absolute atomic E-state index is 0.0122. The Labute approximate surface area is 119 Å². The van der Waals surface area contributed by atoms with E-state index in [0.29, 0.717) is 13.8 Å². The van der Waals surface area contributed by atoms with Crippen LogP contribution in [0.15, 0.2) is 12.4 Å². The van der Waals surface area contributed by atoms with Crippen molar-refractivity contribution in [1.29, 1.82) is 0 Å². The van der Waals surface area contributed by atoms with Gasteiger partial charge in [0.2, 0.25) is 0 Å². The van der Waals surface area contributed by atoms with Crippen LogP contribution < -0.4 is 5.32 Å². The minimum Gasteiger partial charge on any atom is -0.373 e. The van der Waals surface area contributed by atoms with Crippen molar-refractivity contribution >= 4 is 0 Å². The summed E-state index contributed by atoms with van der Waals surface area (Å²) < 4.78 is 30.0. The highest BCUT2D eigenvalue weighted by atomic mass is 19.1. The fourth-order valence-corrected chi connectivity index (χ4v) is 2.74. The van der Waals surface area contributed by atoms with Gasteiger partial charge in [0.25, 0.3) is 0 Å². The number of alkyl halides is 1. The first kappa shape index (κ1) is 17.0. The predicted octanol–water partition coefficient (Wildman–Crippen LogP) is 2.72. The minimum atomic E-state index is -0.272. The Bertz CT molecular complexity index is 378. The molecule has 0 aliphatic carbocycles. The number of nitrogens with zero attached hydrogens (tertiary/aromatic N) is 2. The highest BCUT2D eigenvalue weighted by Gasteiger charge is 2.42. The lowest BCUT2D eigenvalue weighted by Crippen LogP contribution is -2.41. The summed E-state index contributed by atoms with van der Waals surface area (Å²) in [5, 5.41) is 7.35. The molecule has 4 nitrogen and oxygen atoms in total. The number of hydrogen-bond acceptors (Lipinski definition) is 3. The number of ether oxygens (including phenoxy) is 1. The maximum Gasteiger partial charge on any atom is 0.161 e. The first-order valence-electron chi connectivity index (χ1n) is 7.20. The van der Waals surface area contributed by atoms with Crippen LogP contribution in [0.5, 0.6) is 0 Å². The summed E-state index contributed by atoms with van der Waals surface area (Å²) in [4.78, 5) is 0. The molecular weight excluding hydrogens is 264 g/mol. The lowest BCUT2D eigenvalue weighted by atomic mass is 9.88. The molecule has 1 aromatic heterocycles. The second kappa shape index (κ2) is 8.32. The van der Waals surface area contributed by atoms with Gasteiger partial charge in [-0.3, -0.25) is 9.07 Å². The van der Waals surface area contributed by atoms with E-state index in [1.54, 1.807) is 4.68 Å². The van der Waals surface area contributed by atoms with Crippen LogP contribution in [-0.4, -0.2) is 42.3 Å². The molecule has 0 amide bonds. The van der Waals surface area contributed by atoms with Crippen LogP contribution in [0.25, 0.3) is 0 Å². The Morgan fingerprint density at radius 2 is 2.00 bits per heavy atom. The normalized spacial score (nSPS) is 23.6. The molecule has 20 heavy (non-hydrogen) atoms. The largest absolute Gasteiger partial charge is 0.373 e. The molecule has 2 aliphatic heterocycles. The van der Waals surface area contributed by atoms with Crippen LogP contribution in [0.3, 0.4) is 0 Å². The molecule has 1 atom stereocenters.